The number of hydrogen-bond donors (Lipinski definition) is 4. The second kappa shape index (κ2) is 17.9. The zero-order valence-corrected chi connectivity index (χ0v) is 32.9. The number of benzene rings is 3. The van der Waals surface area contributed by atoms with Gasteiger partial charge in [0.05, 0.1) is 18.2 Å². The van der Waals surface area contributed by atoms with Gasteiger partial charge in [-0.1, -0.05) is 99.8 Å². The standard InChI is InChI=1S/C44H60N4O6/c1-29(49)25-44(5,6)40(46-39(51)28-54-38-22-14-20-31-17-12-13-21-34(31)38)42(53)45-35(23-30-15-8-7-9-16-30)37(50)27-48-26-33-19-11-10-18-32(33)24-36(48)41(52)47-43(2,3)4/h7-9,12-17,20-22,32-33,35-37,40,50H,10-11,18-19,23-28H2,1-6H3,(H,45,53)(H,46,51)(H,47,52)/t32-,33?,35?,36-,37+,40+/m0/s1. The molecule has 2 fully saturated rings. The molecular weight excluding hydrogens is 681 g/mol. The number of ether oxygens (including phenoxy) is 1. The Kier molecular flexibility index (Phi) is 13.6. The fraction of sp³-hybridized carbons (Fsp3) is 0.545. The van der Waals surface area contributed by atoms with Crippen LogP contribution in [0, 0.1) is 17.3 Å². The van der Waals surface area contributed by atoms with Crippen molar-refractivity contribution >= 4 is 34.3 Å². The predicted molar refractivity (Wildman–Crippen MR) is 212 cm³/mol. The first kappa shape index (κ1) is 40.9. The van der Waals surface area contributed by atoms with Crippen LogP contribution in [0.5, 0.6) is 5.75 Å². The summed E-state index contributed by atoms with van der Waals surface area (Å²) in [5.74, 6) is 0.295. The first-order valence-electron chi connectivity index (χ1n) is 19.6. The summed E-state index contributed by atoms with van der Waals surface area (Å²) >= 11 is 0. The summed E-state index contributed by atoms with van der Waals surface area (Å²) in [5.41, 5.74) is -0.450. The van der Waals surface area contributed by atoms with Crippen molar-refractivity contribution in [2.24, 2.45) is 17.3 Å². The molecule has 0 bridgehead atoms. The Balaban J connectivity index is 1.36. The smallest absolute Gasteiger partial charge is 0.258 e. The third kappa shape index (κ3) is 11.1. The number of nitrogens with zero attached hydrogens (tertiary/aromatic N) is 1. The van der Waals surface area contributed by atoms with Gasteiger partial charge in [-0.3, -0.25) is 19.3 Å². The minimum Gasteiger partial charge on any atom is -0.483 e. The number of β-amino-alcohol motifs (C(OH)–C–C–N with tert-alkyl or cyclic N) is 1. The van der Waals surface area contributed by atoms with Crippen LogP contribution in [0.2, 0.25) is 0 Å². The van der Waals surface area contributed by atoms with Crippen LogP contribution < -0.4 is 20.7 Å². The summed E-state index contributed by atoms with van der Waals surface area (Å²) in [4.78, 5) is 56.2. The number of Topliss-reactive ketones (excluding diaryl/α,β-unsaturated/α-hetero) is 1. The minimum atomic E-state index is -1.11. The Morgan fingerprint density at radius 1 is 0.870 bits per heavy atom. The van der Waals surface area contributed by atoms with Crippen LogP contribution in [0.1, 0.15) is 85.6 Å². The van der Waals surface area contributed by atoms with Crippen LogP contribution in [0.25, 0.3) is 10.8 Å². The van der Waals surface area contributed by atoms with Gasteiger partial charge in [0.25, 0.3) is 5.91 Å². The van der Waals surface area contributed by atoms with Crippen molar-refractivity contribution in [1.29, 1.82) is 0 Å². The number of likely N-dealkylation sites (tertiary alicyclic amines) is 1. The van der Waals surface area contributed by atoms with Crippen LogP contribution in [0.3, 0.4) is 0 Å². The second-order valence-corrected chi connectivity index (χ2v) is 17.3. The molecule has 10 nitrogen and oxygen atoms in total. The predicted octanol–water partition coefficient (Wildman–Crippen LogP) is 5.59. The molecule has 10 heteroatoms. The number of piperidine rings is 1. The average molecular weight is 741 g/mol. The lowest BCUT2D eigenvalue weighted by Gasteiger charge is -2.47. The zero-order valence-electron chi connectivity index (χ0n) is 32.9. The molecule has 0 radical (unpaired) electrons. The van der Waals surface area contributed by atoms with Gasteiger partial charge in [-0.05, 0) is 75.8 Å². The van der Waals surface area contributed by atoms with Crippen LogP contribution in [-0.2, 0) is 25.6 Å². The van der Waals surface area contributed by atoms with Gasteiger partial charge >= 0.3 is 0 Å². The van der Waals surface area contributed by atoms with Gasteiger partial charge in [0, 0.05) is 35.9 Å². The normalized spacial score (nSPS) is 20.9. The molecule has 3 aromatic carbocycles. The molecule has 1 heterocycles. The largest absolute Gasteiger partial charge is 0.483 e. The van der Waals surface area contributed by atoms with Crippen molar-refractivity contribution in [2.75, 3.05) is 19.7 Å². The number of fused-ring (bicyclic) bond motifs is 2. The highest BCUT2D eigenvalue weighted by atomic mass is 16.5. The number of nitrogens with one attached hydrogen (secondary N) is 3. The van der Waals surface area contributed by atoms with Gasteiger partial charge in [-0.15, -0.1) is 0 Å². The number of hydrogen-bond acceptors (Lipinski definition) is 7. The van der Waals surface area contributed by atoms with E-state index in [2.05, 4.69) is 20.9 Å². The van der Waals surface area contributed by atoms with Crippen LogP contribution >= 0.6 is 0 Å². The molecule has 5 rings (SSSR count). The van der Waals surface area contributed by atoms with Crippen molar-refractivity contribution in [3.63, 3.8) is 0 Å². The Morgan fingerprint density at radius 3 is 2.24 bits per heavy atom. The number of ketones is 1. The highest BCUT2D eigenvalue weighted by Crippen LogP contribution is 2.39. The van der Waals surface area contributed by atoms with E-state index in [0.717, 1.165) is 35.6 Å². The Hall–Kier alpha value is -4.28. The van der Waals surface area contributed by atoms with E-state index in [-0.39, 0.29) is 31.3 Å². The van der Waals surface area contributed by atoms with Gasteiger partial charge in [0.1, 0.15) is 17.6 Å². The molecule has 3 amide bonds. The first-order chi connectivity index (χ1) is 25.6. The molecule has 1 saturated carbocycles. The SMILES string of the molecule is CC(=O)CC(C)(C)[C@H](NC(=O)COc1cccc2ccccc12)C(=O)NC(Cc1ccccc1)[C@H](O)CN1CC2CCCC[C@H]2C[C@H]1C(=O)NC(C)(C)C. The molecule has 3 aromatic rings. The van der Waals surface area contributed by atoms with E-state index in [1.165, 1.54) is 19.8 Å². The van der Waals surface area contributed by atoms with Crippen LogP contribution in [0.4, 0.5) is 0 Å². The van der Waals surface area contributed by atoms with Gasteiger partial charge in [0.2, 0.25) is 11.8 Å². The highest BCUT2D eigenvalue weighted by molar-refractivity contribution is 5.91. The average Bonchev–Trinajstić information content (AvgIpc) is 3.11. The number of aliphatic hydroxyl groups excluding tert-OH is 1. The van der Waals surface area contributed by atoms with E-state index in [0.29, 0.717) is 30.6 Å². The van der Waals surface area contributed by atoms with Gasteiger partial charge in [0.15, 0.2) is 6.61 Å². The zero-order chi connectivity index (χ0) is 39.0. The lowest BCUT2D eigenvalue weighted by molar-refractivity contribution is -0.136. The maximum Gasteiger partial charge on any atom is 0.258 e. The number of rotatable bonds is 15. The molecule has 4 N–H and O–H groups in total. The van der Waals surface area contributed by atoms with E-state index >= 15 is 0 Å². The highest BCUT2D eigenvalue weighted by Gasteiger charge is 2.43. The number of carbonyl (C=O) groups is 4. The molecule has 1 aliphatic heterocycles. The number of carbonyl (C=O) groups excluding carboxylic acids is 4. The molecule has 1 saturated heterocycles. The summed E-state index contributed by atoms with van der Waals surface area (Å²) in [7, 11) is 0. The number of aliphatic hydroxyl groups is 1. The summed E-state index contributed by atoms with van der Waals surface area (Å²) in [5, 5.41) is 23.0. The summed E-state index contributed by atoms with van der Waals surface area (Å²) in [6.45, 7) is 11.5. The molecule has 0 spiro atoms. The third-order valence-corrected chi connectivity index (χ3v) is 11.0. The van der Waals surface area contributed by atoms with E-state index in [1.54, 1.807) is 19.9 Å². The van der Waals surface area contributed by atoms with Gasteiger partial charge < -0.3 is 30.6 Å². The maximum atomic E-state index is 14.4. The van der Waals surface area contributed by atoms with E-state index in [1.807, 2.05) is 87.5 Å². The summed E-state index contributed by atoms with van der Waals surface area (Å²) < 4.78 is 5.95. The second-order valence-electron chi connectivity index (χ2n) is 17.3. The Labute approximate surface area is 320 Å². The van der Waals surface area contributed by atoms with Crippen LogP contribution in [-0.4, -0.2) is 83.0 Å². The summed E-state index contributed by atoms with van der Waals surface area (Å²) in [6, 6.07) is 20.7. The fourth-order valence-electron chi connectivity index (χ4n) is 8.44. The maximum absolute atomic E-state index is 14.4. The van der Waals surface area contributed by atoms with Gasteiger partial charge in [-0.2, -0.15) is 0 Å². The molecule has 6 atom stereocenters. The molecule has 0 aromatic heterocycles. The quantitative estimate of drug-likeness (QED) is 0.160. The van der Waals surface area contributed by atoms with Crippen molar-refractivity contribution < 1.29 is 29.0 Å². The molecule has 292 valence electrons. The monoisotopic (exact) mass is 740 g/mol. The fourth-order valence-corrected chi connectivity index (χ4v) is 8.44. The topological polar surface area (TPSA) is 137 Å². The van der Waals surface area contributed by atoms with Crippen molar-refractivity contribution in [3.8, 4) is 5.75 Å². The molecule has 2 unspecified atom stereocenters. The lowest BCUT2D eigenvalue weighted by Crippen LogP contribution is -2.62. The Bertz CT molecular complexity index is 1750. The molecule has 2 aliphatic rings. The Morgan fingerprint density at radius 2 is 1.54 bits per heavy atom. The van der Waals surface area contributed by atoms with E-state index in [4.69, 9.17) is 4.74 Å². The summed E-state index contributed by atoms with van der Waals surface area (Å²) in [6.07, 6.45) is 4.63. The van der Waals surface area contributed by atoms with E-state index in [9.17, 15) is 24.3 Å². The molecule has 54 heavy (non-hydrogen) atoms. The minimum absolute atomic E-state index is 0.0400. The van der Waals surface area contributed by atoms with Crippen LogP contribution in [0.15, 0.2) is 72.8 Å². The first-order valence-corrected chi connectivity index (χ1v) is 19.6. The molecular formula is C44H60N4O6. The lowest BCUT2D eigenvalue weighted by atomic mass is 9.72. The molecule has 1 aliphatic carbocycles. The van der Waals surface area contributed by atoms with Gasteiger partial charge in [-0.25, -0.2) is 0 Å². The third-order valence-electron chi connectivity index (χ3n) is 11.0. The number of amides is 3. The van der Waals surface area contributed by atoms with Crippen molar-refractivity contribution in [3.05, 3.63) is 78.4 Å². The van der Waals surface area contributed by atoms with E-state index < -0.39 is 47.0 Å². The van der Waals surface area contributed by atoms with Crippen molar-refractivity contribution in [1.82, 2.24) is 20.9 Å². The van der Waals surface area contributed by atoms with Crippen molar-refractivity contribution in [2.45, 2.75) is 116 Å².